The topological polar surface area (TPSA) is 86.4 Å². The van der Waals surface area contributed by atoms with Gasteiger partial charge in [-0.3, -0.25) is 18.7 Å². The highest BCUT2D eigenvalue weighted by Gasteiger charge is 2.29. The summed E-state index contributed by atoms with van der Waals surface area (Å²) in [6.45, 7) is 0.964. The van der Waals surface area contributed by atoms with E-state index >= 15 is 0 Å². The standard InChI is InChI=1S/C23H26N4O4/c1-25-21-17(22(29)26(2)23(25)30)11-12-18(24-21)19-10-6-7-14-27(19)20(28)13-15-31-16-8-4-3-5-9-16/h3-5,8-9,11-12,19H,6-7,10,13-15H2,1-2H3/t19-/m1/s1. The molecule has 162 valence electrons. The molecule has 0 spiro atoms. The summed E-state index contributed by atoms with van der Waals surface area (Å²) in [5.74, 6) is 0.754. The van der Waals surface area contributed by atoms with E-state index in [1.807, 2.05) is 35.2 Å². The van der Waals surface area contributed by atoms with Gasteiger partial charge in [0.05, 0.1) is 30.1 Å². The fraction of sp³-hybridized carbons (Fsp3) is 0.391. The van der Waals surface area contributed by atoms with E-state index in [4.69, 9.17) is 4.74 Å². The van der Waals surface area contributed by atoms with Gasteiger partial charge in [0.2, 0.25) is 5.91 Å². The zero-order valence-electron chi connectivity index (χ0n) is 17.8. The number of pyridine rings is 1. The van der Waals surface area contributed by atoms with Crippen molar-refractivity contribution < 1.29 is 9.53 Å². The average molecular weight is 422 g/mol. The summed E-state index contributed by atoms with van der Waals surface area (Å²) in [6, 6.07) is 12.7. The number of fused-ring (bicyclic) bond motifs is 1. The van der Waals surface area contributed by atoms with Crippen LogP contribution in [0.25, 0.3) is 11.0 Å². The molecule has 0 saturated carbocycles. The Morgan fingerprint density at radius 3 is 2.61 bits per heavy atom. The van der Waals surface area contributed by atoms with Crippen LogP contribution in [-0.4, -0.2) is 38.1 Å². The van der Waals surface area contributed by atoms with Gasteiger partial charge in [-0.2, -0.15) is 0 Å². The molecule has 0 N–H and O–H groups in total. The quantitative estimate of drug-likeness (QED) is 0.629. The van der Waals surface area contributed by atoms with E-state index in [1.165, 1.54) is 11.6 Å². The lowest BCUT2D eigenvalue weighted by atomic mass is 9.98. The van der Waals surface area contributed by atoms with E-state index in [-0.39, 0.29) is 23.9 Å². The Morgan fingerprint density at radius 2 is 1.84 bits per heavy atom. The number of rotatable bonds is 5. The molecule has 0 unspecified atom stereocenters. The number of hydrogen-bond acceptors (Lipinski definition) is 5. The molecule has 31 heavy (non-hydrogen) atoms. The third-order valence-corrected chi connectivity index (χ3v) is 5.82. The monoisotopic (exact) mass is 422 g/mol. The molecular formula is C23H26N4O4. The lowest BCUT2D eigenvalue weighted by Gasteiger charge is -2.35. The number of aryl methyl sites for hydroxylation is 1. The number of amides is 1. The maximum Gasteiger partial charge on any atom is 0.332 e. The number of likely N-dealkylation sites (tertiary alicyclic amines) is 1. The van der Waals surface area contributed by atoms with Gasteiger partial charge >= 0.3 is 5.69 Å². The summed E-state index contributed by atoms with van der Waals surface area (Å²) in [5, 5.41) is 0.387. The van der Waals surface area contributed by atoms with Gasteiger partial charge in [-0.1, -0.05) is 18.2 Å². The number of carbonyl (C=O) groups is 1. The van der Waals surface area contributed by atoms with Gasteiger partial charge in [-0.15, -0.1) is 0 Å². The number of carbonyl (C=O) groups excluding carboxylic acids is 1. The van der Waals surface area contributed by atoms with Crippen molar-refractivity contribution in [3.63, 3.8) is 0 Å². The van der Waals surface area contributed by atoms with Gasteiger partial charge in [0.15, 0.2) is 0 Å². The Bertz CT molecular complexity index is 1220. The summed E-state index contributed by atoms with van der Waals surface area (Å²) in [5.41, 5.74) is 0.257. The molecule has 1 aliphatic rings. The zero-order valence-corrected chi connectivity index (χ0v) is 17.8. The number of nitrogens with zero attached hydrogens (tertiary/aromatic N) is 4. The zero-order chi connectivity index (χ0) is 22.0. The predicted molar refractivity (Wildman–Crippen MR) is 117 cm³/mol. The normalized spacial score (nSPS) is 16.5. The lowest BCUT2D eigenvalue weighted by molar-refractivity contribution is -0.135. The van der Waals surface area contributed by atoms with Crippen molar-refractivity contribution in [2.75, 3.05) is 13.2 Å². The van der Waals surface area contributed by atoms with Gasteiger partial charge in [-0.25, -0.2) is 9.78 Å². The van der Waals surface area contributed by atoms with Crippen molar-refractivity contribution in [1.82, 2.24) is 19.0 Å². The number of ether oxygens (including phenoxy) is 1. The van der Waals surface area contributed by atoms with Crippen molar-refractivity contribution in [3.05, 3.63) is 69.0 Å². The molecule has 2 aromatic heterocycles. The molecule has 8 nitrogen and oxygen atoms in total. The molecule has 1 amide bonds. The molecule has 4 rings (SSSR count). The molecule has 3 heterocycles. The van der Waals surface area contributed by atoms with Gasteiger partial charge in [-0.05, 0) is 43.5 Å². The van der Waals surface area contributed by atoms with E-state index in [1.54, 1.807) is 19.2 Å². The molecule has 1 saturated heterocycles. The molecule has 0 radical (unpaired) electrons. The van der Waals surface area contributed by atoms with Gasteiger partial charge in [0.25, 0.3) is 5.56 Å². The number of benzene rings is 1. The van der Waals surface area contributed by atoms with Crippen LogP contribution in [0.15, 0.2) is 52.1 Å². The maximum atomic E-state index is 13.0. The molecule has 1 aromatic carbocycles. The first-order valence-electron chi connectivity index (χ1n) is 10.5. The van der Waals surface area contributed by atoms with E-state index < -0.39 is 5.69 Å². The largest absolute Gasteiger partial charge is 0.493 e. The van der Waals surface area contributed by atoms with Crippen molar-refractivity contribution in [2.24, 2.45) is 14.1 Å². The fourth-order valence-corrected chi connectivity index (χ4v) is 4.11. The van der Waals surface area contributed by atoms with E-state index in [9.17, 15) is 14.4 Å². The highest BCUT2D eigenvalue weighted by Crippen LogP contribution is 2.31. The van der Waals surface area contributed by atoms with Crippen LogP contribution in [0, 0.1) is 0 Å². The molecule has 0 bridgehead atoms. The fourth-order valence-electron chi connectivity index (χ4n) is 4.11. The Kier molecular flexibility index (Phi) is 5.88. The first kappa shape index (κ1) is 20.8. The van der Waals surface area contributed by atoms with Crippen LogP contribution >= 0.6 is 0 Å². The van der Waals surface area contributed by atoms with E-state index in [2.05, 4.69) is 4.98 Å². The smallest absolute Gasteiger partial charge is 0.332 e. The Morgan fingerprint density at radius 1 is 1.06 bits per heavy atom. The Balaban J connectivity index is 1.57. The highest BCUT2D eigenvalue weighted by molar-refractivity contribution is 5.77. The predicted octanol–water partition coefficient (Wildman–Crippen LogP) is 2.15. The second-order valence-electron chi connectivity index (χ2n) is 7.82. The van der Waals surface area contributed by atoms with Gasteiger partial charge < -0.3 is 9.64 Å². The molecule has 1 atom stereocenters. The van der Waals surface area contributed by atoms with Crippen LogP contribution in [-0.2, 0) is 18.9 Å². The van der Waals surface area contributed by atoms with Gasteiger partial charge in [0, 0.05) is 20.6 Å². The summed E-state index contributed by atoms with van der Waals surface area (Å²) in [4.78, 5) is 44.2. The third kappa shape index (κ3) is 4.10. The third-order valence-electron chi connectivity index (χ3n) is 5.82. The van der Waals surface area contributed by atoms with E-state index in [0.717, 1.165) is 29.6 Å². The molecule has 1 aliphatic heterocycles. The SMILES string of the molecule is Cn1c(=O)c2ccc([C@H]3CCCCN3C(=O)CCOc3ccccc3)nc2n(C)c1=O. The molecule has 3 aromatic rings. The molecule has 0 aliphatic carbocycles. The molecule has 8 heteroatoms. The van der Waals surface area contributed by atoms with Crippen molar-refractivity contribution in [1.29, 1.82) is 0 Å². The lowest BCUT2D eigenvalue weighted by Crippen LogP contribution is -2.40. The first-order valence-corrected chi connectivity index (χ1v) is 10.5. The van der Waals surface area contributed by atoms with Crippen LogP contribution in [0.1, 0.15) is 37.4 Å². The summed E-state index contributed by atoms with van der Waals surface area (Å²) < 4.78 is 8.14. The second-order valence-corrected chi connectivity index (χ2v) is 7.82. The average Bonchev–Trinajstić information content (AvgIpc) is 2.81. The van der Waals surface area contributed by atoms with Crippen molar-refractivity contribution >= 4 is 16.9 Å². The minimum absolute atomic E-state index is 0.0143. The Labute approximate surface area is 179 Å². The number of hydrogen-bond donors (Lipinski definition) is 0. The number of aromatic nitrogens is 3. The minimum Gasteiger partial charge on any atom is -0.493 e. The van der Waals surface area contributed by atoms with Crippen molar-refractivity contribution in [3.8, 4) is 5.75 Å². The highest BCUT2D eigenvalue weighted by atomic mass is 16.5. The van der Waals surface area contributed by atoms with Crippen LogP contribution in [0.5, 0.6) is 5.75 Å². The number of piperidine rings is 1. The summed E-state index contributed by atoms with van der Waals surface area (Å²) in [7, 11) is 3.06. The molecular weight excluding hydrogens is 396 g/mol. The second kappa shape index (κ2) is 8.75. The van der Waals surface area contributed by atoms with Gasteiger partial charge in [0.1, 0.15) is 11.4 Å². The molecule has 1 fully saturated rings. The summed E-state index contributed by atoms with van der Waals surface area (Å²) in [6.07, 6.45) is 3.00. The van der Waals surface area contributed by atoms with Crippen LogP contribution < -0.4 is 16.0 Å². The minimum atomic E-state index is -0.420. The number of para-hydroxylation sites is 1. The van der Waals surface area contributed by atoms with Crippen LogP contribution in [0.4, 0.5) is 0 Å². The van der Waals surface area contributed by atoms with E-state index in [0.29, 0.717) is 29.9 Å². The first-order chi connectivity index (χ1) is 15.0. The maximum absolute atomic E-state index is 13.0. The Hall–Kier alpha value is -3.42. The van der Waals surface area contributed by atoms with Crippen molar-refractivity contribution in [2.45, 2.75) is 31.7 Å². The van der Waals surface area contributed by atoms with Crippen LogP contribution in [0.2, 0.25) is 0 Å². The summed E-state index contributed by atoms with van der Waals surface area (Å²) >= 11 is 0. The van der Waals surface area contributed by atoms with Crippen LogP contribution in [0.3, 0.4) is 0 Å².